The molecular weight excluding hydrogens is 270 g/mol. The fourth-order valence-corrected chi connectivity index (χ4v) is 2.02. The van der Waals surface area contributed by atoms with Gasteiger partial charge in [-0.3, -0.25) is 0 Å². The van der Waals surface area contributed by atoms with Crippen LogP contribution in [0.4, 0.5) is 8.78 Å². The second-order valence-corrected chi connectivity index (χ2v) is 4.50. The number of halogens is 3. The molecule has 100 valence electrons. The fourth-order valence-electron chi connectivity index (χ4n) is 1.81. The molecule has 4 heteroatoms. The Hall–Kier alpha value is -1.61. The lowest BCUT2D eigenvalue weighted by Crippen LogP contribution is -2.00. The molecule has 0 aliphatic rings. The second-order valence-electron chi connectivity index (χ2n) is 4.23. The maximum atomic E-state index is 13.1. The van der Waals surface area contributed by atoms with Crippen molar-refractivity contribution < 1.29 is 13.5 Å². The maximum Gasteiger partial charge on any atom is 0.159 e. The van der Waals surface area contributed by atoms with Gasteiger partial charge in [0.25, 0.3) is 0 Å². The van der Waals surface area contributed by atoms with Crippen molar-refractivity contribution in [2.45, 2.75) is 19.4 Å². The van der Waals surface area contributed by atoms with Crippen LogP contribution in [0.15, 0.2) is 36.4 Å². The Morgan fingerprint density at radius 1 is 1.11 bits per heavy atom. The third-order valence-corrected chi connectivity index (χ3v) is 3.09. The molecule has 1 nitrogen and oxygen atoms in total. The molecule has 19 heavy (non-hydrogen) atoms. The van der Waals surface area contributed by atoms with Crippen molar-refractivity contribution in [1.29, 1.82) is 0 Å². The summed E-state index contributed by atoms with van der Waals surface area (Å²) < 4.78 is 31.6. The summed E-state index contributed by atoms with van der Waals surface area (Å²) in [5, 5.41) is 0. The average Bonchev–Trinajstić information content (AvgIpc) is 2.41. The highest BCUT2D eigenvalue weighted by Crippen LogP contribution is 2.26. The molecule has 0 radical (unpaired) electrons. The van der Waals surface area contributed by atoms with E-state index in [1.165, 1.54) is 6.07 Å². The highest BCUT2D eigenvalue weighted by atomic mass is 35.5. The van der Waals surface area contributed by atoms with Gasteiger partial charge in [0.2, 0.25) is 0 Å². The summed E-state index contributed by atoms with van der Waals surface area (Å²) in [4.78, 5) is 0. The van der Waals surface area contributed by atoms with E-state index in [1.54, 1.807) is 0 Å². The van der Waals surface area contributed by atoms with Gasteiger partial charge in [0.05, 0.1) is 5.88 Å². The lowest BCUT2D eigenvalue weighted by molar-refractivity contribution is 0.300. The van der Waals surface area contributed by atoms with E-state index in [2.05, 4.69) is 0 Å². The van der Waals surface area contributed by atoms with E-state index >= 15 is 0 Å². The summed E-state index contributed by atoms with van der Waals surface area (Å²) in [6, 6.07) is 9.41. The Labute approximate surface area is 115 Å². The van der Waals surface area contributed by atoms with E-state index in [0.29, 0.717) is 17.2 Å². The molecule has 2 rings (SSSR count). The van der Waals surface area contributed by atoms with Crippen molar-refractivity contribution in [2.75, 3.05) is 0 Å². The molecule has 0 atom stereocenters. The molecule has 0 saturated carbocycles. The number of alkyl halides is 1. The zero-order valence-electron chi connectivity index (χ0n) is 10.4. The predicted octanol–water partition coefficient (Wildman–Crippen LogP) is 4.59. The monoisotopic (exact) mass is 282 g/mol. The maximum absolute atomic E-state index is 13.1. The number of aryl methyl sites for hydroxylation is 1. The van der Waals surface area contributed by atoms with Crippen LogP contribution in [0.1, 0.15) is 16.7 Å². The summed E-state index contributed by atoms with van der Waals surface area (Å²) in [6.45, 7) is 2.09. The van der Waals surface area contributed by atoms with Crippen LogP contribution in [-0.4, -0.2) is 0 Å². The van der Waals surface area contributed by atoms with Crippen molar-refractivity contribution in [2.24, 2.45) is 0 Å². The first-order chi connectivity index (χ1) is 9.11. The minimum atomic E-state index is -0.872. The van der Waals surface area contributed by atoms with Gasteiger partial charge in [-0.25, -0.2) is 8.78 Å². The van der Waals surface area contributed by atoms with Gasteiger partial charge in [-0.1, -0.05) is 24.3 Å². The molecule has 0 N–H and O–H groups in total. The Kier molecular flexibility index (Phi) is 4.38. The normalized spacial score (nSPS) is 10.5. The molecule has 0 aliphatic carbocycles. The molecule has 2 aromatic carbocycles. The zero-order chi connectivity index (χ0) is 13.8. The van der Waals surface area contributed by atoms with E-state index in [4.69, 9.17) is 16.3 Å². The molecular formula is C15H13ClF2O. The Balaban J connectivity index is 2.16. The predicted molar refractivity (Wildman–Crippen MR) is 71.4 cm³/mol. The van der Waals surface area contributed by atoms with E-state index < -0.39 is 11.6 Å². The van der Waals surface area contributed by atoms with E-state index in [9.17, 15) is 8.78 Å². The Morgan fingerprint density at radius 3 is 2.58 bits per heavy atom. The Morgan fingerprint density at radius 2 is 1.89 bits per heavy atom. The summed E-state index contributed by atoms with van der Waals surface area (Å²) in [5.74, 6) is -0.693. The largest absolute Gasteiger partial charge is 0.488 e. The number of ether oxygens (including phenoxy) is 1. The summed E-state index contributed by atoms with van der Waals surface area (Å²) in [7, 11) is 0. The van der Waals surface area contributed by atoms with Crippen LogP contribution >= 0.6 is 11.6 Å². The molecule has 0 unspecified atom stereocenters. The van der Waals surface area contributed by atoms with Crippen LogP contribution in [0.2, 0.25) is 0 Å². The smallest absolute Gasteiger partial charge is 0.159 e. The first-order valence-electron chi connectivity index (χ1n) is 5.83. The minimum Gasteiger partial charge on any atom is -0.488 e. The summed E-state index contributed by atoms with van der Waals surface area (Å²) in [5.41, 5.74) is 2.41. The molecule has 0 amide bonds. The van der Waals surface area contributed by atoms with Crippen LogP contribution in [0.3, 0.4) is 0 Å². The fraction of sp³-hybridized carbons (Fsp3) is 0.200. The third kappa shape index (κ3) is 3.24. The van der Waals surface area contributed by atoms with Gasteiger partial charge in [-0.05, 0) is 30.2 Å². The third-order valence-electron chi connectivity index (χ3n) is 2.80. The Bertz CT molecular complexity index is 584. The highest BCUT2D eigenvalue weighted by Gasteiger charge is 2.08. The lowest BCUT2D eigenvalue weighted by atomic mass is 10.1. The van der Waals surface area contributed by atoms with Gasteiger partial charge in [-0.2, -0.15) is 0 Å². The van der Waals surface area contributed by atoms with Gasteiger partial charge in [0.15, 0.2) is 11.6 Å². The van der Waals surface area contributed by atoms with Crippen LogP contribution in [0.25, 0.3) is 0 Å². The summed E-state index contributed by atoms with van der Waals surface area (Å²) in [6.07, 6.45) is 0. The quantitative estimate of drug-likeness (QED) is 0.745. The van der Waals surface area contributed by atoms with Gasteiger partial charge in [0.1, 0.15) is 12.4 Å². The van der Waals surface area contributed by atoms with Crippen LogP contribution in [0.5, 0.6) is 5.75 Å². The molecule has 0 bridgehead atoms. The zero-order valence-corrected chi connectivity index (χ0v) is 11.2. The number of benzene rings is 2. The molecule has 2 aromatic rings. The second kappa shape index (κ2) is 6.02. The average molecular weight is 283 g/mol. The highest BCUT2D eigenvalue weighted by molar-refractivity contribution is 6.17. The van der Waals surface area contributed by atoms with Crippen molar-refractivity contribution in [3.05, 3.63) is 64.7 Å². The van der Waals surface area contributed by atoms with Crippen molar-refractivity contribution >= 4 is 11.6 Å². The number of hydrogen-bond donors (Lipinski definition) is 0. The van der Waals surface area contributed by atoms with E-state index in [0.717, 1.165) is 23.3 Å². The first-order valence-corrected chi connectivity index (χ1v) is 6.36. The van der Waals surface area contributed by atoms with Gasteiger partial charge in [-0.15, -0.1) is 11.6 Å². The van der Waals surface area contributed by atoms with Crippen LogP contribution in [0, 0.1) is 18.6 Å². The minimum absolute atomic E-state index is 0.173. The number of para-hydroxylation sites is 1. The van der Waals surface area contributed by atoms with E-state index in [-0.39, 0.29) is 6.61 Å². The van der Waals surface area contributed by atoms with Gasteiger partial charge < -0.3 is 4.74 Å². The molecule has 0 spiro atoms. The number of hydrogen-bond acceptors (Lipinski definition) is 1. The topological polar surface area (TPSA) is 9.23 Å². The van der Waals surface area contributed by atoms with Gasteiger partial charge >= 0.3 is 0 Å². The molecule has 0 fully saturated rings. The van der Waals surface area contributed by atoms with E-state index in [1.807, 2.05) is 25.1 Å². The summed E-state index contributed by atoms with van der Waals surface area (Å²) >= 11 is 5.84. The van der Waals surface area contributed by atoms with Crippen LogP contribution < -0.4 is 4.74 Å². The molecule has 0 aliphatic heterocycles. The molecule has 0 heterocycles. The van der Waals surface area contributed by atoms with Crippen LogP contribution in [-0.2, 0) is 12.5 Å². The van der Waals surface area contributed by atoms with Gasteiger partial charge in [0, 0.05) is 5.56 Å². The molecule has 0 saturated heterocycles. The van der Waals surface area contributed by atoms with Crippen molar-refractivity contribution in [1.82, 2.24) is 0 Å². The number of rotatable bonds is 4. The standard InChI is InChI=1S/C15H13ClF2O/c1-10-3-2-4-12(8-16)15(10)19-9-11-5-6-13(17)14(18)7-11/h2-7H,8-9H2,1H3. The lowest BCUT2D eigenvalue weighted by Gasteiger charge is -2.13. The SMILES string of the molecule is Cc1cccc(CCl)c1OCc1ccc(F)c(F)c1. The van der Waals surface area contributed by atoms with Crippen molar-refractivity contribution in [3.63, 3.8) is 0 Å². The first kappa shape index (κ1) is 13.8. The van der Waals surface area contributed by atoms with Crippen molar-refractivity contribution in [3.8, 4) is 5.75 Å². The molecule has 0 aromatic heterocycles.